The zero-order valence-electron chi connectivity index (χ0n) is 21.9. The molecular formula is C26H38N8O2S. The fraction of sp³-hybridized carbons (Fsp3) is 0.692. The molecule has 1 aliphatic carbocycles. The van der Waals surface area contributed by atoms with E-state index >= 15 is 0 Å². The van der Waals surface area contributed by atoms with Crippen molar-refractivity contribution in [3.05, 3.63) is 18.1 Å². The highest BCUT2D eigenvalue weighted by molar-refractivity contribution is 7.13. The fourth-order valence-electron chi connectivity index (χ4n) is 5.83. The summed E-state index contributed by atoms with van der Waals surface area (Å²) in [6.07, 6.45) is 10.6. The summed E-state index contributed by atoms with van der Waals surface area (Å²) in [4.78, 5) is 13.4. The van der Waals surface area contributed by atoms with Crippen molar-refractivity contribution in [3.8, 4) is 0 Å². The van der Waals surface area contributed by atoms with Gasteiger partial charge in [0, 0.05) is 44.6 Å². The van der Waals surface area contributed by atoms with Gasteiger partial charge in [-0.1, -0.05) is 13.8 Å². The lowest BCUT2D eigenvalue weighted by Gasteiger charge is -2.39. The van der Waals surface area contributed by atoms with Crippen LogP contribution < -0.4 is 10.6 Å². The Hall–Kier alpha value is -2.34. The van der Waals surface area contributed by atoms with Crippen LogP contribution >= 0.6 is 11.5 Å². The minimum atomic E-state index is 0.312. The standard InChI is InChI=1S/C26H38N8O2S/c1-17(2)23-22-24(28-18-3-5-20(6-4-18)33-9-13-36-14-10-33)30-26(31-25(22)37-32-23)29-19-15-27-34(16-19)21-7-11-35-12-8-21/h15-18,20-21H,3-14H2,1-2H3,(H2,28,29,30,31). The Bertz CT molecular complexity index is 1180. The maximum absolute atomic E-state index is 5.55. The number of aromatic nitrogens is 5. The Labute approximate surface area is 222 Å². The second-order valence-corrected chi connectivity index (χ2v) is 11.5. The summed E-state index contributed by atoms with van der Waals surface area (Å²) in [6.45, 7) is 9.81. The van der Waals surface area contributed by atoms with Crippen molar-refractivity contribution >= 4 is 39.2 Å². The topological polar surface area (TPSA) is 102 Å². The Balaban J connectivity index is 1.19. The first-order chi connectivity index (χ1) is 18.1. The second kappa shape index (κ2) is 11.2. The molecule has 3 aliphatic rings. The van der Waals surface area contributed by atoms with Crippen LogP contribution in [0.5, 0.6) is 0 Å². The monoisotopic (exact) mass is 526 g/mol. The van der Waals surface area contributed by atoms with E-state index in [0.717, 1.165) is 92.6 Å². The Kier molecular flexibility index (Phi) is 7.55. The number of anilines is 3. The minimum Gasteiger partial charge on any atom is -0.381 e. The van der Waals surface area contributed by atoms with E-state index in [2.05, 4.69) is 40.7 Å². The molecule has 0 spiro atoms. The fourth-order valence-corrected chi connectivity index (χ4v) is 6.74. The van der Waals surface area contributed by atoms with Crippen molar-refractivity contribution in [2.24, 2.45) is 0 Å². The zero-order chi connectivity index (χ0) is 25.2. The van der Waals surface area contributed by atoms with E-state index in [1.165, 1.54) is 24.4 Å². The number of hydrogen-bond donors (Lipinski definition) is 2. The van der Waals surface area contributed by atoms with Gasteiger partial charge in [-0.25, -0.2) is 0 Å². The van der Waals surface area contributed by atoms with E-state index in [0.29, 0.717) is 30.0 Å². The van der Waals surface area contributed by atoms with Gasteiger partial charge < -0.3 is 20.1 Å². The van der Waals surface area contributed by atoms with Crippen LogP contribution in [-0.2, 0) is 9.47 Å². The average molecular weight is 527 g/mol. The van der Waals surface area contributed by atoms with Gasteiger partial charge >= 0.3 is 0 Å². The second-order valence-electron chi connectivity index (χ2n) is 10.8. The molecule has 3 aromatic rings. The van der Waals surface area contributed by atoms with Gasteiger partial charge in [0.15, 0.2) is 4.83 Å². The molecule has 0 unspecified atom stereocenters. The van der Waals surface area contributed by atoms with Crippen molar-refractivity contribution in [2.75, 3.05) is 50.2 Å². The highest BCUT2D eigenvalue weighted by atomic mass is 32.1. The number of nitrogens with one attached hydrogen (secondary N) is 2. The molecule has 0 radical (unpaired) electrons. The Morgan fingerprint density at radius 2 is 1.70 bits per heavy atom. The van der Waals surface area contributed by atoms with E-state index in [1.807, 2.05) is 10.9 Å². The molecule has 0 aromatic carbocycles. The van der Waals surface area contributed by atoms with Crippen LogP contribution in [0, 0.1) is 0 Å². The quantitative estimate of drug-likeness (QED) is 0.459. The predicted octanol–water partition coefficient (Wildman–Crippen LogP) is 4.56. The molecule has 10 nitrogen and oxygen atoms in total. The van der Waals surface area contributed by atoms with Crippen molar-refractivity contribution in [1.82, 2.24) is 29.0 Å². The molecule has 2 aliphatic heterocycles. The van der Waals surface area contributed by atoms with Crippen LogP contribution in [0.15, 0.2) is 12.4 Å². The minimum absolute atomic E-state index is 0.312. The molecular weight excluding hydrogens is 488 g/mol. The summed E-state index contributed by atoms with van der Waals surface area (Å²) in [5, 5.41) is 12.9. The lowest BCUT2D eigenvalue weighted by molar-refractivity contribution is 0.00791. The summed E-state index contributed by atoms with van der Waals surface area (Å²) in [7, 11) is 0. The number of ether oxygens (including phenoxy) is 2. The molecule has 37 heavy (non-hydrogen) atoms. The summed E-state index contributed by atoms with van der Waals surface area (Å²) < 4.78 is 17.9. The highest BCUT2D eigenvalue weighted by Crippen LogP contribution is 2.35. The lowest BCUT2D eigenvalue weighted by Crippen LogP contribution is -2.46. The lowest BCUT2D eigenvalue weighted by atomic mass is 9.90. The van der Waals surface area contributed by atoms with Gasteiger partial charge in [-0.15, -0.1) is 0 Å². The summed E-state index contributed by atoms with van der Waals surface area (Å²) in [5.74, 6) is 1.80. The summed E-state index contributed by atoms with van der Waals surface area (Å²) in [5.41, 5.74) is 1.97. The van der Waals surface area contributed by atoms with Crippen molar-refractivity contribution < 1.29 is 9.47 Å². The SMILES string of the molecule is CC(C)c1nsc2nc(Nc3cnn(C4CCOCC4)c3)nc(NC3CCC(N4CCOCC4)CC3)c12. The van der Waals surface area contributed by atoms with Crippen molar-refractivity contribution in [3.63, 3.8) is 0 Å². The molecule has 2 N–H and O–H groups in total. The molecule has 3 aromatic heterocycles. The van der Waals surface area contributed by atoms with Crippen LogP contribution in [0.3, 0.4) is 0 Å². The van der Waals surface area contributed by atoms with Crippen LogP contribution in [0.1, 0.15) is 70.0 Å². The van der Waals surface area contributed by atoms with Gasteiger partial charge in [-0.05, 0) is 56.0 Å². The maximum Gasteiger partial charge on any atom is 0.230 e. The zero-order valence-corrected chi connectivity index (χ0v) is 22.7. The number of fused-ring (bicyclic) bond motifs is 1. The largest absolute Gasteiger partial charge is 0.381 e. The van der Waals surface area contributed by atoms with Crippen LogP contribution in [-0.4, -0.2) is 80.6 Å². The van der Waals surface area contributed by atoms with Gasteiger partial charge in [0.25, 0.3) is 0 Å². The maximum atomic E-state index is 5.55. The highest BCUT2D eigenvalue weighted by Gasteiger charge is 2.28. The van der Waals surface area contributed by atoms with Gasteiger partial charge in [0.1, 0.15) is 5.82 Å². The Morgan fingerprint density at radius 1 is 0.946 bits per heavy atom. The normalized spacial score (nSPS) is 24.1. The first-order valence-electron chi connectivity index (χ1n) is 13.8. The molecule has 11 heteroatoms. The van der Waals surface area contributed by atoms with E-state index in [4.69, 9.17) is 23.8 Å². The number of hydrogen-bond acceptors (Lipinski definition) is 10. The molecule has 6 rings (SSSR count). The molecule has 2 saturated heterocycles. The average Bonchev–Trinajstić information content (AvgIpc) is 3.58. The van der Waals surface area contributed by atoms with E-state index < -0.39 is 0 Å². The molecule has 200 valence electrons. The molecule has 5 heterocycles. The van der Waals surface area contributed by atoms with Gasteiger partial charge in [-0.3, -0.25) is 9.58 Å². The van der Waals surface area contributed by atoms with E-state index in [1.54, 1.807) is 0 Å². The van der Waals surface area contributed by atoms with Gasteiger partial charge in [0.2, 0.25) is 5.95 Å². The number of nitrogens with zero attached hydrogens (tertiary/aromatic N) is 6. The smallest absolute Gasteiger partial charge is 0.230 e. The van der Waals surface area contributed by atoms with E-state index in [-0.39, 0.29) is 0 Å². The number of rotatable bonds is 7. The molecule has 3 fully saturated rings. The molecule has 0 amide bonds. The third-order valence-corrected chi connectivity index (χ3v) is 8.69. The summed E-state index contributed by atoms with van der Waals surface area (Å²) in [6, 6.07) is 1.46. The van der Waals surface area contributed by atoms with Gasteiger partial charge in [0.05, 0.1) is 42.2 Å². The number of morpholine rings is 1. The first-order valence-corrected chi connectivity index (χ1v) is 14.6. The molecule has 0 bridgehead atoms. The van der Waals surface area contributed by atoms with Crippen LogP contribution in [0.25, 0.3) is 10.2 Å². The predicted molar refractivity (Wildman–Crippen MR) is 146 cm³/mol. The molecule has 1 saturated carbocycles. The summed E-state index contributed by atoms with van der Waals surface area (Å²) >= 11 is 1.46. The van der Waals surface area contributed by atoms with Crippen molar-refractivity contribution in [2.45, 2.75) is 76.4 Å². The van der Waals surface area contributed by atoms with E-state index in [9.17, 15) is 0 Å². The van der Waals surface area contributed by atoms with Gasteiger partial charge in [-0.2, -0.15) is 19.4 Å². The molecule has 0 atom stereocenters. The van der Waals surface area contributed by atoms with Crippen molar-refractivity contribution in [1.29, 1.82) is 0 Å². The third kappa shape index (κ3) is 5.59. The van der Waals surface area contributed by atoms with Crippen LogP contribution in [0.4, 0.5) is 17.5 Å². The van der Waals surface area contributed by atoms with Crippen LogP contribution in [0.2, 0.25) is 0 Å². The third-order valence-electron chi connectivity index (χ3n) is 7.93. The first kappa shape index (κ1) is 25.0. The Morgan fingerprint density at radius 3 is 2.46 bits per heavy atom.